The fourth-order valence-corrected chi connectivity index (χ4v) is 1.85. The van der Waals surface area contributed by atoms with Crippen LogP contribution in [0.15, 0.2) is 18.2 Å². The molecule has 0 spiro atoms. The van der Waals surface area contributed by atoms with Gasteiger partial charge in [-0.15, -0.1) is 0 Å². The largest absolute Gasteiger partial charge is 0.496 e. The van der Waals surface area contributed by atoms with Crippen LogP contribution in [0.5, 0.6) is 5.75 Å². The summed E-state index contributed by atoms with van der Waals surface area (Å²) in [6, 6.07) is 6.49. The molecule has 1 heteroatoms. The first-order valence-corrected chi connectivity index (χ1v) is 5.91. The Labute approximate surface area is 93.5 Å². The highest BCUT2D eigenvalue weighted by atomic mass is 16.5. The van der Waals surface area contributed by atoms with Gasteiger partial charge in [-0.25, -0.2) is 0 Å². The zero-order valence-corrected chi connectivity index (χ0v) is 10.2. The third-order valence-electron chi connectivity index (χ3n) is 2.78. The monoisotopic (exact) mass is 206 g/mol. The molecule has 0 aliphatic carbocycles. The molecule has 1 nitrogen and oxygen atoms in total. The fourth-order valence-electron chi connectivity index (χ4n) is 1.85. The van der Waals surface area contributed by atoms with E-state index in [0.29, 0.717) is 0 Å². The molecule has 84 valence electrons. The highest BCUT2D eigenvalue weighted by Gasteiger charge is 1.99. The van der Waals surface area contributed by atoms with Crippen LogP contribution in [-0.2, 0) is 6.42 Å². The number of hydrogen-bond acceptors (Lipinski definition) is 1. The van der Waals surface area contributed by atoms with Gasteiger partial charge in [0, 0.05) is 0 Å². The summed E-state index contributed by atoms with van der Waals surface area (Å²) in [5.74, 6) is 0.993. The van der Waals surface area contributed by atoms with Crippen LogP contribution in [0.4, 0.5) is 0 Å². The van der Waals surface area contributed by atoms with Gasteiger partial charge in [0.1, 0.15) is 5.75 Å². The lowest BCUT2D eigenvalue weighted by molar-refractivity contribution is 0.411. The van der Waals surface area contributed by atoms with E-state index in [1.807, 2.05) is 0 Å². The number of methoxy groups -OCH3 is 1. The third-order valence-corrected chi connectivity index (χ3v) is 2.78. The Hall–Kier alpha value is -0.980. The highest BCUT2D eigenvalue weighted by Crippen LogP contribution is 2.19. The average Bonchev–Trinajstić information content (AvgIpc) is 2.25. The minimum Gasteiger partial charge on any atom is -0.496 e. The van der Waals surface area contributed by atoms with E-state index in [9.17, 15) is 0 Å². The summed E-state index contributed by atoms with van der Waals surface area (Å²) in [6.45, 7) is 4.35. The molecule has 0 bridgehead atoms. The van der Waals surface area contributed by atoms with Gasteiger partial charge in [0.25, 0.3) is 0 Å². The molecule has 1 aromatic rings. The zero-order valence-electron chi connectivity index (χ0n) is 10.2. The number of ether oxygens (including phenoxy) is 1. The molecule has 0 aromatic heterocycles. The van der Waals surface area contributed by atoms with Crippen LogP contribution in [0.2, 0.25) is 0 Å². The first kappa shape index (κ1) is 12.1. The molecule has 15 heavy (non-hydrogen) atoms. The molecule has 0 aliphatic heterocycles. The molecule has 0 radical (unpaired) electrons. The normalized spacial score (nSPS) is 10.3. The van der Waals surface area contributed by atoms with E-state index in [0.717, 1.165) is 5.75 Å². The first-order valence-electron chi connectivity index (χ1n) is 5.91. The third kappa shape index (κ3) is 3.94. The first-order chi connectivity index (χ1) is 7.27. The van der Waals surface area contributed by atoms with Crippen molar-refractivity contribution < 1.29 is 4.74 Å². The summed E-state index contributed by atoms with van der Waals surface area (Å²) >= 11 is 0. The molecule has 0 saturated heterocycles. The van der Waals surface area contributed by atoms with Crippen LogP contribution < -0.4 is 4.74 Å². The van der Waals surface area contributed by atoms with Gasteiger partial charge in [-0.05, 0) is 37.0 Å². The average molecular weight is 206 g/mol. The van der Waals surface area contributed by atoms with Gasteiger partial charge in [0.05, 0.1) is 7.11 Å². The van der Waals surface area contributed by atoms with Gasteiger partial charge >= 0.3 is 0 Å². The minimum absolute atomic E-state index is 0.993. The van der Waals surface area contributed by atoms with Gasteiger partial charge in [0.15, 0.2) is 0 Å². The standard InChI is InChI=1S/C14H22O/c1-4-5-6-7-8-13-9-10-14(15-3)12(2)11-13/h9-11H,4-8H2,1-3H3. The topological polar surface area (TPSA) is 9.23 Å². The van der Waals surface area contributed by atoms with E-state index in [2.05, 4.69) is 32.0 Å². The van der Waals surface area contributed by atoms with E-state index in [1.54, 1.807) is 7.11 Å². The minimum atomic E-state index is 0.993. The predicted octanol–water partition coefficient (Wildman–Crippen LogP) is 4.13. The number of aryl methyl sites for hydroxylation is 2. The molecule has 0 atom stereocenters. The maximum Gasteiger partial charge on any atom is 0.121 e. The molecule has 0 heterocycles. The second-order valence-electron chi connectivity index (χ2n) is 4.11. The Morgan fingerprint density at radius 3 is 2.53 bits per heavy atom. The Morgan fingerprint density at radius 1 is 1.13 bits per heavy atom. The Balaban J connectivity index is 2.45. The Bertz CT molecular complexity index is 291. The molecular formula is C14H22O. The lowest BCUT2D eigenvalue weighted by Crippen LogP contribution is -1.91. The smallest absolute Gasteiger partial charge is 0.121 e. The summed E-state index contributed by atoms with van der Waals surface area (Å²) in [5.41, 5.74) is 2.68. The van der Waals surface area contributed by atoms with Gasteiger partial charge in [-0.3, -0.25) is 0 Å². The van der Waals surface area contributed by atoms with E-state index in [4.69, 9.17) is 4.74 Å². The lowest BCUT2D eigenvalue weighted by Gasteiger charge is -2.07. The van der Waals surface area contributed by atoms with Crippen LogP contribution in [0.1, 0.15) is 43.7 Å². The predicted molar refractivity (Wildman–Crippen MR) is 65.6 cm³/mol. The van der Waals surface area contributed by atoms with Crippen molar-refractivity contribution in [2.45, 2.75) is 46.0 Å². The Morgan fingerprint density at radius 2 is 1.93 bits per heavy atom. The van der Waals surface area contributed by atoms with Gasteiger partial charge in [0.2, 0.25) is 0 Å². The molecule has 0 unspecified atom stereocenters. The van der Waals surface area contributed by atoms with Crippen LogP contribution in [-0.4, -0.2) is 7.11 Å². The number of hydrogen-bond donors (Lipinski definition) is 0. The molecule has 0 N–H and O–H groups in total. The van der Waals surface area contributed by atoms with E-state index in [1.165, 1.54) is 43.2 Å². The van der Waals surface area contributed by atoms with Crippen LogP contribution in [0, 0.1) is 6.92 Å². The summed E-state index contributed by atoms with van der Waals surface area (Å²) in [5, 5.41) is 0. The van der Waals surface area contributed by atoms with Gasteiger partial charge < -0.3 is 4.74 Å². The van der Waals surface area contributed by atoms with Gasteiger partial charge in [-0.1, -0.05) is 38.3 Å². The van der Waals surface area contributed by atoms with Crippen molar-refractivity contribution in [1.82, 2.24) is 0 Å². The Kier molecular flexibility index (Phi) is 5.23. The molecule has 1 rings (SSSR count). The summed E-state index contributed by atoms with van der Waals surface area (Å²) < 4.78 is 5.24. The van der Waals surface area contributed by atoms with Crippen molar-refractivity contribution in [2.24, 2.45) is 0 Å². The second kappa shape index (κ2) is 6.49. The zero-order chi connectivity index (χ0) is 11.1. The molecule has 0 fully saturated rings. The van der Waals surface area contributed by atoms with Crippen LogP contribution in [0.25, 0.3) is 0 Å². The summed E-state index contributed by atoms with van der Waals surface area (Å²) in [6.07, 6.45) is 6.52. The molecule has 0 aliphatic rings. The van der Waals surface area contributed by atoms with Crippen molar-refractivity contribution >= 4 is 0 Å². The second-order valence-corrected chi connectivity index (χ2v) is 4.11. The van der Waals surface area contributed by atoms with Crippen LogP contribution >= 0.6 is 0 Å². The van der Waals surface area contributed by atoms with Crippen molar-refractivity contribution in [3.8, 4) is 5.75 Å². The molecule has 0 saturated carbocycles. The maximum absolute atomic E-state index is 5.24. The molecule has 0 amide bonds. The number of unbranched alkanes of at least 4 members (excludes halogenated alkanes) is 3. The lowest BCUT2D eigenvalue weighted by atomic mass is 10.0. The van der Waals surface area contributed by atoms with Crippen molar-refractivity contribution in [1.29, 1.82) is 0 Å². The number of benzene rings is 1. The van der Waals surface area contributed by atoms with Gasteiger partial charge in [-0.2, -0.15) is 0 Å². The van der Waals surface area contributed by atoms with Crippen molar-refractivity contribution in [3.63, 3.8) is 0 Å². The number of rotatable bonds is 6. The summed E-state index contributed by atoms with van der Waals surface area (Å²) in [7, 11) is 1.73. The van der Waals surface area contributed by atoms with E-state index in [-0.39, 0.29) is 0 Å². The molecular weight excluding hydrogens is 184 g/mol. The van der Waals surface area contributed by atoms with E-state index >= 15 is 0 Å². The SMILES string of the molecule is CCCCCCc1ccc(OC)c(C)c1. The van der Waals surface area contributed by atoms with Crippen molar-refractivity contribution in [3.05, 3.63) is 29.3 Å². The summed E-state index contributed by atoms with van der Waals surface area (Å²) in [4.78, 5) is 0. The maximum atomic E-state index is 5.24. The van der Waals surface area contributed by atoms with Crippen LogP contribution in [0.3, 0.4) is 0 Å². The quantitative estimate of drug-likeness (QED) is 0.636. The molecule has 1 aromatic carbocycles. The van der Waals surface area contributed by atoms with E-state index < -0.39 is 0 Å². The fraction of sp³-hybridized carbons (Fsp3) is 0.571. The highest BCUT2D eigenvalue weighted by molar-refractivity contribution is 5.36. The van der Waals surface area contributed by atoms with Crippen molar-refractivity contribution in [2.75, 3.05) is 7.11 Å².